The van der Waals surface area contributed by atoms with Crippen LogP contribution < -0.4 is 11.1 Å². The molecule has 0 heterocycles. The first-order chi connectivity index (χ1) is 10.2. The number of benzene rings is 2. The van der Waals surface area contributed by atoms with Crippen molar-refractivity contribution >= 4 is 17.3 Å². The van der Waals surface area contributed by atoms with Crippen LogP contribution in [0.1, 0.15) is 18.1 Å². The molecule has 2 rings (SSSR count). The largest absolute Gasteiger partial charge is 0.399 e. The smallest absolute Gasteiger partial charge is 0.228 e. The summed E-state index contributed by atoms with van der Waals surface area (Å²) in [6, 6.07) is 15.0. The van der Waals surface area contributed by atoms with E-state index in [1.54, 1.807) is 6.07 Å². The van der Waals surface area contributed by atoms with Gasteiger partial charge in [-0.3, -0.25) is 4.79 Å². The Kier molecular flexibility index (Phi) is 5.35. The number of rotatable bonds is 6. The first-order valence-corrected chi connectivity index (χ1v) is 6.99. The Balaban J connectivity index is 2.02. The zero-order valence-electron chi connectivity index (χ0n) is 12.1. The van der Waals surface area contributed by atoms with Crippen molar-refractivity contribution in [1.82, 2.24) is 0 Å². The molecule has 0 radical (unpaired) electrons. The zero-order valence-corrected chi connectivity index (χ0v) is 12.1. The monoisotopic (exact) mass is 284 g/mol. The fourth-order valence-corrected chi connectivity index (χ4v) is 2.06. The number of nitrogens with two attached hydrogens (primary N) is 1. The third kappa shape index (κ3) is 4.61. The summed E-state index contributed by atoms with van der Waals surface area (Å²) in [5.74, 6) is -0.0652. The summed E-state index contributed by atoms with van der Waals surface area (Å²) in [4.78, 5) is 12.1. The number of hydrogen-bond acceptors (Lipinski definition) is 3. The molecule has 0 aliphatic carbocycles. The molecule has 110 valence electrons. The Morgan fingerprint density at radius 2 is 2.00 bits per heavy atom. The molecule has 0 fully saturated rings. The minimum absolute atomic E-state index is 0.0652. The van der Waals surface area contributed by atoms with Crippen molar-refractivity contribution < 1.29 is 9.53 Å². The molecule has 1 amide bonds. The summed E-state index contributed by atoms with van der Waals surface area (Å²) >= 11 is 0. The molecule has 0 aliphatic heterocycles. The Morgan fingerprint density at radius 1 is 1.19 bits per heavy atom. The van der Waals surface area contributed by atoms with Crippen molar-refractivity contribution in [3.05, 3.63) is 59.7 Å². The van der Waals surface area contributed by atoms with Gasteiger partial charge in [0, 0.05) is 23.5 Å². The lowest BCUT2D eigenvalue weighted by molar-refractivity contribution is -0.115. The van der Waals surface area contributed by atoms with Crippen molar-refractivity contribution in [2.24, 2.45) is 0 Å². The van der Waals surface area contributed by atoms with Gasteiger partial charge in [0.1, 0.15) is 0 Å². The van der Waals surface area contributed by atoms with E-state index in [-0.39, 0.29) is 5.91 Å². The number of ether oxygens (including phenoxy) is 1. The standard InChI is InChI=1S/C17H20N2O2/c1-2-21-12-14-7-3-4-9-16(14)19-17(20)11-13-6-5-8-15(18)10-13/h3-10H,2,11-12,18H2,1H3,(H,19,20). The van der Waals surface area contributed by atoms with E-state index in [1.165, 1.54) is 0 Å². The van der Waals surface area contributed by atoms with Crippen LogP contribution in [-0.2, 0) is 22.6 Å². The van der Waals surface area contributed by atoms with Gasteiger partial charge in [0.15, 0.2) is 0 Å². The van der Waals surface area contributed by atoms with Crippen LogP contribution in [0, 0.1) is 0 Å². The molecule has 0 atom stereocenters. The molecule has 0 aliphatic rings. The van der Waals surface area contributed by atoms with Gasteiger partial charge in [0.05, 0.1) is 13.0 Å². The predicted molar refractivity (Wildman–Crippen MR) is 85.0 cm³/mol. The number of nitrogens with one attached hydrogen (secondary N) is 1. The van der Waals surface area contributed by atoms with Crippen molar-refractivity contribution in [2.45, 2.75) is 20.0 Å². The lowest BCUT2D eigenvalue weighted by atomic mass is 10.1. The topological polar surface area (TPSA) is 64.3 Å². The first kappa shape index (κ1) is 15.1. The van der Waals surface area contributed by atoms with E-state index in [9.17, 15) is 4.79 Å². The maximum atomic E-state index is 12.1. The molecule has 21 heavy (non-hydrogen) atoms. The van der Waals surface area contributed by atoms with Crippen molar-refractivity contribution in [1.29, 1.82) is 0 Å². The molecule has 0 aromatic heterocycles. The van der Waals surface area contributed by atoms with Gasteiger partial charge in [-0.05, 0) is 30.7 Å². The van der Waals surface area contributed by atoms with Crippen LogP contribution >= 0.6 is 0 Å². The van der Waals surface area contributed by atoms with Crippen molar-refractivity contribution in [3.63, 3.8) is 0 Å². The summed E-state index contributed by atoms with van der Waals surface area (Å²) in [5, 5.41) is 2.93. The van der Waals surface area contributed by atoms with E-state index in [0.717, 1.165) is 16.8 Å². The number of carbonyl (C=O) groups is 1. The third-order valence-electron chi connectivity index (χ3n) is 3.07. The molecule has 4 heteroatoms. The van der Waals surface area contributed by atoms with E-state index in [0.29, 0.717) is 25.3 Å². The highest BCUT2D eigenvalue weighted by Crippen LogP contribution is 2.17. The van der Waals surface area contributed by atoms with Crippen molar-refractivity contribution in [2.75, 3.05) is 17.7 Å². The molecule has 0 spiro atoms. The van der Waals surface area contributed by atoms with Gasteiger partial charge in [-0.15, -0.1) is 0 Å². The van der Waals surface area contributed by atoms with Gasteiger partial charge in [-0.2, -0.15) is 0 Å². The van der Waals surface area contributed by atoms with E-state index in [1.807, 2.05) is 49.4 Å². The second-order valence-corrected chi connectivity index (χ2v) is 4.76. The quantitative estimate of drug-likeness (QED) is 0.801. The molecule has 0 bridgehead atoms. The maximum absolute atomic E-state index is 12.1. The molecule has 3 N–H and O–H groups in total. The Hall–Kier alpha value is -2.33. The molecule has 2 aromatic carbocycles. The zero-order chi connectivity index (χ0) is 15.1. The molecule has 4 nitrogen and oxygen atoms in total. The Labute approximate surface area is 124 Å². The summed E-state index contributed by atoms with van der Waals surface area (Å²) in [5.41, 5.74) is 9.04. The minimum atomic E-state index is -0.0652. The maximum Gasteiger partial charge on any atom is 0.228 e. The molecular weight excluding hydrogens is 264 g/mol. The van der Waals surface area contributed by atoms with Gasteiger partial charge in [0.25, 0.3) is 0 Å². The summed E-state index contributed by atoms with van der Waals surface area (Å²) in [6.45, 7) is 3.08. The number of carbonyl (C=O) groups excluding carboxylic acids is 1. The fraction of sp³-hybridized carbons (Fsp3) is 0.235. The van der Waals surface area contributed by atoms with Crippen LogP contribution in [0.15, 0.2) is 48.5 Å². The average Bonchev–Trinajstić information content (AvgIpc) is 2.46. The van der Waals surface area contributed by atoms with Gasteiger partial charge in [0.2, 0.25) is 5.91 Å². The highest BCUT2D eigenvalue weighted by molar-refractivity contribution is 5.93. The van der Waals surface area contributed by atoms with E-state index in [2.05, 4.69) is 5.32 Å². The van der Waals surface area contributed by atoms with Gasteiger partial charge in [-0.1, -0.05) is 30.3 Å². The summed E-state index contributed by atoms with van der Waals surface area (Å²) in [7, 11) is 0. The van der Waals surface area contributed by atoms with Crippen LogP contribution in [0.4, 0.5) is 11.4 Å². The number of para-hydroxylation sites is 1. The van der Waals surface area contributed by atoms with E-state index in [4.69, 9.17) is 10.5 Å². The molecule has 0 saturated carbocycles. The summed E-state index contributed by atoms with van der Waals surface area (Å²) in [6.07, 6.45) is 0.300. The van der Waals surface area contributed by atoms with Gasteiger partial charge in [-0.25, -0.2) is 0 Å². The Bertz CT molecular complexity index is 611. The number of nitrogen functional groups attached to an aromatic ring is 1. The number of hydrogen-bond donors (Lipinski definition) is 2. The van der Waals surface area contributed by atoms with Crippen LogP contribution in [-0.4, -0.2) is 12.5 Å². The highest BCUT2D eigenvalue weighted by Gasteiger charge is 2.07. The van der Waals surface area contributed by atoms with Crippen LogP contribution in [0.5, 0.6) is 0 Å². The van der Waals surface area contributed by atoms with Crippen molar-refractivity contribution in [3.8, 4) is 0 Å². The fourth-order valence-electron chi connectivity index (χ4n) is 2.06. The average molecular weight is 284 g/mol. The SMILES string of the molecule is CCOCc1ccccc1NC(=O)Cc1cccc(N)c1. The molecular formula is C17H20N2O2. The molecule has 2 aromatic rings. The highest BCUT2D eigenvalue weighted by atomic mass is 16.5. The predicted octanol–water partition coefficient (Wildman–Crippen LogP) is 2.99. The molecule has 0 saturated heterocycles. The second-order valence-electron chi connectivity index (χ2n) is 4.76. The van der Waals surface area contributed by atoms with E-state index < -0.39 is 0 Å². The van der Waals surface area contributed by atoms with Crippen LogP contribution in [0.2, 0.25) is 0 Å². The summed E-state index contributed by atoms with van der Waals surface area (Å²) < 4.78 is 5.41. The van der Waals surface area contributed by atoms with Gasteiger partial charge >= 0.3 is 0 Å². The van der Waals surface area contributed by atoms with Crippen LogP contribution in [0.3, 0.4) is 0 Å². The van der Waals surface area contributed by atoms with Gasteiger partial charge < -0.3 is 15.8 Å². The molecule has 0 unspecified atom stereocenters. The van der Waals surface area contributed by atoms with E-state index >= 15 is 0 Å². The van der Waals surface area contributed by atoms with Crippen LogP contribution in [0.25, 0.3) is 0 Å². The normalized spacial score (nSPS) is 10.3. The number of amides is 1. The first-order valence-electron chi connectivity index (χ1n) is 6.99. The minimum Gasteiger partial charge on any atom is -0.399 e. The third-order valence-corrected chi connectivity index (χ3v) is 3.07. The lowest BCUT2D eigenvalue weighted by Gasteiger charge is -2.11. The second kappa shape index (κ2) is 7.45. The Morgan fingerprint density at radius 3 is 2.76 bits per heavy atom. The number of anilines is 2. The lowest BCUT2D eigenvalue weighted by Crippen LogP contribution is -2.16.